The smallest absolute Gasteiger partial charge is 0.224 e. The van der Waals surface area contributed by atoms with E-state index in [1.165, 1.54) is 13.3 Å². The van der Waals surface area contributed by atoms with E-state index in [-0.39, 0.29) is 17.9 Å². The van der Waals surface area contributed by atoms with Crippen molar-refractivity contribution in [3.8, 4) is 0 Å². The standard InChI is InChI=1S/C15H28N2O3/c1-12(2)5-4-6-14-11-17(9-10-20-14)15(19)7-8-16-13(3)18/h12,14H,4-11H2,1-3H3,(H,16,18)/t14-/m0/s1. The monoisotopic (exact) mass is 284 g/mol. The van der Waals surface area contributed by atoms with Crippen molar-refractivity contribution in [2.24, 2.45) is 5.92 Å². The highest BCUT2D eigenvalue weighted by atomic mass is 16.5. The summed E-state index contributed by atoms with van der Waals surface area (Å²) in [6, 6.07) is 0. The Morgan fingerprint density at radius 2 is 2.15 bits per heavy atom. The number of ether oxygens (including phenoxy) is 1. The highest BCUT2D eigenvalue weighted by molar-refractivity contribution is 5.78. The van der Waals surface area contributed by atoms with E-state index >= 15 is 0 Å². The van der Waals surface area contributed by atoms with Crippen LogP contribution >= 0.6 is 0 Å². The van der Waals surface area contributed by atoms with Gasteiger partial charge in [0.1, 0.15) is 0 Å². The molecule has 2 amide bonds. The van der Waals surface area contributed by atoms with Gasteiger partial charge in [-0.05, 0) is 12.3 Å². The van der Waals surface area contributed by atoms with E-state index in [1.54, 1.807) is 0 Å². The van der Waals surface area contributed by atoms with E-state index in [1.807, 2.05) is 4.90 Å². The molecule has 1 aliphatic rings. The maximum atomic E-state index is 12.0. The first-order valence-electron chi connectivity index (χ1n) is 7.63. The molecule has 0 aliphatic carbocycles. The largest absolute Gasteiger partial charge is 0.375 e. The molecule has 0 aromatic heterocycles. The van der Waals surface area contributed by atoms with Gasteiger partial charge in [0.2, 0.25) is 11.8 Å². The minimum absolute atomic E-state index is 0.0914. The van der Waals surface area contributed by atoms with Crippen molar-refractivity contribution in [1.82, 2.24) is 10.2 Å². The summed E-state index contributed by atoms with van der Waals surface area (Å²) >= 11 is 0. The molecule has 0 unspecified atom stereocenters. The minimum atomic E-state index is -0.0914. The lowest BCUT2D eigenvalue weighted by atomic mass is 10.0. The second-order valence-corrected chi connectivity index (χ2v) is 5.89. The first kappa shape index (κ1) is 17.0. The molecule has 0 saturated carbocycles. The summed E-state index contributed by atoms with van der Waals surface area (Å²) in [5.74, 6) is 0.733. The highest BCUT2D eigenvalue weighted by Gasteiger charge is 2.23. The van der Waals surface area contributed by atoms with Crippen LogP contribution in [0.4, 0.5) is 0 Å². The molecule has 1 fully saturated rings. The second kappa shape index (κ2) is 8.95. The van der Waals surface area contributed by atoms with Gasteiger partial charge in [-0.3, -0.25) is 9.59 Å². The predicted molar refractivity (Wildman–Crippen MR) is 78.3 cm³/mol. The number of hydrogen-bond donors (Lipinski definition) is 1. The maximum absolute atomic E-state index is 12.0. The van der Waals surface area contributed by atoms with Crippen LogP contribution in [0.2, 0.25) is 0 Å². The SMILES string of the molecule is CC(=O)NCCC(=O)N1CCO[C@@H](CCCC(C)C)C1. The highest BCUT2D eigenvalue weighted by Crippen LogP contribution is 2.15. The van der Waals surface area contributed by atoms with E-state index in [0.29, 0.717) is 38.6 Å². The lowest BCUT2D eigenvalue weighted by Gasteiger charge is -2.33. The molecule has 5 nitrogen and oxygen atoms in total. The second-order valence-electron chi connectivity index (χ2n) is 5.89. The molecule has 0 bridgehead atoms. The molecule has 1 saturated heterocycles. The van der Waals surface area contributed by atoms with Gasteiger partial charge in [-0.15, -0.1) is 0 Å². The molecule has 20 heavy (non-hydrogen) atoms. The summed E-state index contributed by atoms with van der Waals surface area (Å²) in [6.45, 7) is 8.31. The van der Waals surface area contributed by atoms with Crippen molar-refractivity contribution in [2.45, 2.75) is 52.6 Å². The maximum Gasteiger partial charge on any atom is 0.224 e. The average molecular weight is 284 g/mol. The molecule has 0 aromatic carbocycles. The van der Waals surface area contributed by atoms with Gasteiger partial charge in [0.05, 0.1) is 12.7 Å². The van der Waals surface area contributed by atoms with Crippen molar-refractivity contribution >= 4 is 11.8 Å². The summed E-state index contributed by atoms with van der Waals surface area (Å²) in [4.78, 5) is 24.7. The summed E-state index contributed by atoms with van der Waals surface area (Å²) in [5.41, 5.74) is 0. The Morgan fingerprint density at radius 3 is 2.80 bits per heavy atom. The van der Waals surface area contributed by atoms with Crippen molar-refractivity contribution in [1.29, 1.82) is 0 Å². The predicted octanol–water partition coefficient (Wildman–Crippen LogP) is 1.57. The fourth-order valence-electron chi connectivity index (χ4n) is 2.38. The minimum Gasteiger partial charge on any atom is -0.375 e. The van der Waals surface area contributed by atoms with E-state index in [9.17, 15) is 9.59 Å². The number of carbonyl (C=O) groups is 2. The van der Waals surface area contributed by atoms with Crippen LogP contribution in [0.15, 0.2) is 0 Å². The van der Waals surface area contributed by atoms with Crippen LogP contribution in [0.25, 0.3) is 0 Å². The Balaban J connectivity index is 2.25. The lowest BCUT2D eigenvalue weighted by Crippen LogP contribution is -2.46. The van der Waals surface area contributed by atoms with E-state index < -0.39 is 0 Å². The van der Waals surface area contributed by atoms with E-state index in [2.05, 4.69) is 19.2 Å². The molecule has 1 rings (SSSR count). The normalized spacial score (nSPS) is 19.2. The average Bonchev–Trinajstić information content (AvgIpc) is 2.38. The van der Waals surface area contributed by atoms with Gasteiger partial charge in [0, 0.05) is 33.0 Å². The number of amides is 2. The van der Waals surface area contributed by atoms with E-state index in [0.717, 1.165) is 12.8 Å². The van der Waals surface area contributed by atoms with Crippen LogP contribution in [0, 0.1) is 5.92 Å². The van der Waals surface area contributed by atoms with Crippen molar-refractivity contribution in [2.75, 3.05) is 26.2 Å². The van der Waals surface area contributed by atoms with Crippen LogP contribution in [0.3, 0.4) is 0 Å². The van der Waals surface area contributed by atoms with Crippen LogP contribution in [0.5, 0.6) is 0 Å². The van der Waals surface area contributed by atoms with Gasteiger partial charge >= 0.3 is 0 Å². The Morgan fingerprint density at radius 1 is 1.40 bits per heavy atom. The van der Waals surface area contributed by atoms with Crippen LogP contribution < -0.4 is 5.32 Å². The number of morpholine rings is 1. The third-order valence-electron chi connectivity index (χ3n) is 3.51. The number of nitrogens with one attached hydrogen (secondary N) is 1. The Hall–Kier alpha value is -1.10. The van der Waals surface area contributed by atoms with Gasteiger partial charge in [-0.25, -0.2) is 0 Å². The van der Waals surface area contributed by atoms with Crippen molar-refractivity contribution < 1.29 is 14.3 Å². The zero-order valence-corrected chi connectivity index (χ0v) is 13.0. The summed E-state index contributed by atoms with van der Waals surface area (Å²) in [7, 11) is 0. The molecule has 1 heterocycles. The van der Waals surface area contributed by atoms with Gasteiger partial charge in [0.25, 0.3) is 0 Å². The first-order valence-corrected chi connectivity index (χ1v) is 7.63. The van der Waals surface area contributed by atoms with Crippen molar-refractivity contribution in [3.05, 3.63) is 0 Å². The van der Waals surface area contributed by atoms with Gasteiger partial charge < -0.3 is 15.0 Å². The van der Waals surface area contributed by atoms with Crippen LogP contribution in [0.1, 0.15) is 46.5 Å². The molecule has 116 valence electrons. The molecule has 5 heteroatoms. The van der Waals surface area contributed by atoms with Crippen LogP contribution in [-0.2, 0) is 14.3 Å². The molecule has 0 spiro atoms. The third kappa shape index (κ3) is 6.89. The van der Waals surface area contributed by atoms with Crippen molar-refractivity contribution in [3.63, 3.8) is 0 Å². The molecule has 0 aromatic rings. The number of rotatable bonds is 7. The summed E-state index contributed by atoms with van der Waals surface area (Å²) in [5, 5.41) is 2.66. The topological polar surface area (TPSA) is 58.6 Å². The van der Waals surface area contributed by atoms with E-state index in [4.69, 9.17) is 4.74 Å². The first-order chi connectivity index (χ1) is 9.49. The van der Waals surface area contributed by atoms with Crippen LogP contribution in [-0.4, -0.2) is 49.1 Å². The zero-order valence-electron chi connectivity index (χ0n) is 13.0. The number of nitrogens with zero attached hydrogens (tertiary/aromatic N) is 1. The fourth-order valence-corrected chi connectivity index (χ4v) is 2.38. The Labute approximate surface area is 122 Å². The molecule has 1 aliphatic heterocycles. The molecule has 1 N–H and O–H groups in total. The zero-order chi connectivity index (χ0) is 15.0. The molecular weight excluding hydrogens is 256 g/mol. The summed E-state index contributed by atoms with van der Waals surface area (Å²) in [6.07, 6.45) is 3.92. The third-order valence-corrected chi connectivity index (χ3v) is 3.51. The van der Waals surface area contributed by atoms with Gasteiger partial charge in [-0.1, -0.05) is 26.7 Å². The molecule has 0 radical (unpaired) electrons. The lowest BCUT2D eigenvalue weighted by molar-refractivity contribution is -0.139. The molecule has 1 atom stereocenters. The number of carbonyl (C=O) groups excluding carboxylic acids is 2. The Bertz CT molecular complexity index is 318. The summed E-state index contributed by atoms with van der Waals surface area (Å²) < 4.78 is 5.72. The number of hydrogen-bond acceptors (Lipinski definition) is 3. The van der Waals surface area contributed by atoms with Gasteiger partial charge in [-0.2, -0.15) is 0 Å². The fraction of sp³-hybridized carbons (Fsp3) is 0.867. The quantitative estimate of drug-likeness (QED) is 0.772. The van der Waals surface area contributed by atoms with Gasteiger partial charge in [0.15, 0.2) is 0 Å². The molecular formula is C15H28N2O3. The Kier molecular flexibility index (Phi) is 7.59.